The Hall–Kier alpha value is -1.03. The molecule has 0 saturated carbocycles. The summed E-state index contributed by atoms with van der Waals surface area (Å²) in [5.41, 5.74) is 0. The highest BCUT2D eigenvalue weighted by Crippen LogP contribution is 2.16. The van der Waals surface area contributed by atoms with Gasteiger partial charge in [0.2, 0.25) is 11.8 Å². The summed E-state index contributed by atoms with van der Waals surface area (Å²) in [5.74, 6) is 1.39. The van der Waals surface area contributed by atoms with Crippen LogP contribution in [-0.4, -0.2) is 26.3 Å². The van der Waals surface area contributed by atoms with Crippen LogP contribution in [0.2, 0.25) is 19.6 Å². The monoisotopic (exact) mass is 239 g/mol. The predicted molar refractivity (Wildman–Crippen MR) is 69.6 cm³/mol. The molecule has 1 rings (SSSR count). The molecule has 4 heteroatoms. The minimum atomic E-state index is -1.40. The van der Waals surface area contributed by atoms with Gasteiger partial charge in [-0.05, 0) is 13.8 Å². The van der Waals surface area contributed by atoms with Crippen LogP contribution in [0.25, 0.3) is 0 Å². The first-order valence-electron chi connectivity index (χ1n) is 5.76. The Labute approximate surface area is 98.8 Å². The summed E-state index contributed by atoms with van der Waals surface area (Å²) < 4.78 is 11.0. The maximum absolute atomic E-state index is 5.59. The van der Waals surface area contributed by atoms with Crippen molar-refractivity contribution in [2.45, 2.75) is 33.5 Å². The first-order chi connectivity index (χ1) is 7.49. The molecule has 0 aliphatic heterocycles. The average Bonchev–Trinajstić information content (AvgIpc) is 2.17. The molecule has 0 N–H and O–H groups in total. The SMILES string of the molecule is CCOc1ccc([Si](C)(C)C)c(OCC)n1. The first-order valence-corrected chi connectivity index (χ1v) is 9.26. The van der Waals surface area contributed by atoms with E-state index < -0.39 is 8.07 Å². The Balaban J connectivity index is 3.09. The Morgan fingerprint density at radius 3 is 2.19 bits per heavy atom. The van der Waals surface area contributed by atoms with E-state index in [4.69, 9.17) is 9.47 Å². The fourth-order valence-corrected chi connectivity index (χ4v) is 2.82. The molecule has 0 aromatic carbocycles. The first kappa shape index (κ1) is 13.0. The normalized spacial score (nSPS) is 11.3. The molecule has 1 heterocycles. The number of aromatic nitrogens is 1. The van der Waals surface area contributed by atoms with Crippen LogP contribution in [0.1, 0.15) is 13.8 Å². The topological polar surface area (TPSA) is 31.4 Å². The summed E-state index contributed by atoms with van der Waals surface area (Å²) in [6.45, 7) is 12.1. The van der Waals surface area contributed by atoms with Gasteiger partial charge < -0.3 is 9.47 Å². The van der Waals surface area contributed by atoms with Crippen molar-refractivity contribution in [3.8, 4) is 11.8 Å². The van der Waals surface area contributed by atoms with Gasteiger partial charge in [-0.25, -0.2) is 0 Å². The second kappa shape index (κ2) is 5.34. The third-order valence-electron chi connectivity index (χ3n) is 2.22. The number of hydrogen-bond donors (Lipinski definition) is 0. The number of rotatable bonds is 5. The van der Waals surface area contributed by atoms with Crippen molar-refractivity contribution in [2.75, 3.05) is 13.2 Å². The molecule has 3 nitrogen and oxygen atoms in total. The lowest BCUT2D eigenvalue weighted by molar-refractivity contribution is 0.301. The van der Waals surface area contributed by atoms with E-state index in [1.165, 1.54) is 5.19 Å². The molecule has 0 radical (unpaired) electrons. The van der Waals surface area contributed by atoms with Crippen LogP contribution in [0, 0.1) is 0 Å². The van der Waals surface area contributed by atoms with E-state index in [1.807, 2.05) is 19.9 Å². The van der Waals surface area contributed by atoms with Crippen molar-refractivity contribution in [3.63, 3.8) is 0 Å². The van der Waals surface area contributed by atoms with Crippen LogP contribution in [0.5, 0.6) is 11.8 Å². The van der Waals surface area contributed by atoms with E-state index in [2.05, 4.69) is 30.7 Å². The standard InChI is InChI=1S/C12H21NO2Si/c1-6-14-11-9-8-10(16(3,4)5)12(13-11)15-7-2/h8-9H,6-7H2,1-5H3. The average molecular weight is 239 g/mol. The Morgan fingerprint density at radius 1 is 1.06 bits per heavy atom. The van der Waals surface area contributed by atoms with Gasteiger partial charge in [-0.3, -0.25) is 0 Å². The molecule has 0 bridgehead atoms. The van der Waals surface area contributed by atoms with E-state index in [9.17, 15) is 0 Å². The third kappa shape index (κ3) is 3.23. The molecule has 0 spiro atoms. The molecule has 16 heavy (non-hydrogen) atoms. The number of hydrogen-bond acceptors (Lipinski definition) is 3. The van der Waals surface area contributed by atoms with E-state index in [0.717, 1.165) is 5.88 Å². The lowest BCUT2D eigenvalue weighted by Gasteiger charge is -2.20. The Morgan fingerprint density at radius 2 is 1.69 bits per heavy atom. The van der Waals surface area contributed by atoms with Crippen molar-refractivity contribution in [1.29, 1.82) is 0 Å². The van der Waals surface area contributed by atoms with Crippen molar-refractivity contribution in [1.82, 2.24) is 4.98 Å². The largest absolute Gasteiger partial charge is 0.478 e. The highest BCUT2D eigenvalue weighted by Gasteiger charge is 2.22. The van der Waals surface area contributed by atoms with Crippen molar-refractivity contribution < 1.29 is 9.47 Å². The lowest BCUT2D eigenvalue weighted by Crippen LogP contribution is -2.39. The van der Waals surface area contributed by atoms with Gasteiger partial charge >= 0.3 is 0 Å². The van der Waals surface area contributed by atoms with Crippen LogP contribution >= 0.6 is 0 Å². The van der Waals surface area contributed by atoms with Gasteiger partial charge in [-0.1, -0.05) is 25.7 Å². The molecule has 0 saturated heterocycles. The molecule has 0 amide bonds. The Bertz CT molecular complexity index is 347. The molecule has 1 aromatic rings. The molecular weight excluding hydrogens is 218 g/mol. The number of pyridine rings is 1. The highest BCUT2D eigenvalue weighted by molar-refractivity contribution is 6.89. The van der Waals surface area contributed by atoms with Crippen molar-refractivity contribution >= 4 is 13.3 Å². The van der Waals surface area contributed by atoms with E-state index >= 15 is 0 Å². The highest BCUT2D eigenvalue weighted by atomic mass is 28.3. The summed E-state index contributed by atoms with van der Waals surface area (Å²) in [5, 5.41) is 1.25. The van der Waals surface area contributed by atoms with Crippen LogP contribution in [-0.2, 0) is 0 Å². The second-order valence-corrected chi connectivity index (χ2v) is 9.66. The second-order valence-electron chi connectivity index (χ2n) is 4.62. The summed E-state index contributed by atoms with van der Waals surface area (Å²) in [7, 11) is -1.40. The van der Waals surface area contributed by atoms with Gasteiger partial charge in [0.05, 0.1) is 21.3 Å². The zero-order chi connectivity index (χ0) is 12.2. The van der Waals surface area contributed by atoms with Gasteiger partial charge in [0.1, 0.15) is 0 Å². The smallest absolute Gasteiger partial charge is 0.216 e. The van der Waals surface area contributed by atoms with Crippen LogP contribution < -0.4 is 14.7 Å². The molecule has 0 aliphatic carbocycles. The molecular formula is C12H21NO2Si. The van der Waals surface area contributed by atoms with E-state index in [1.54, 1.807) is 0 Å². The minimum Gasteiger partial charge on any atom is -0.478 e. The number of nitrogens with zero attached hydrogens (tertiary/aromatic N) is 1. The minimum absolute atomic E-state index is 0.630. The summed E-state index contributed by atoms with van der Waals surface area (Å²) in [6, 6.07) is 4.02. The molecule has 1 aromatic heterocycles. The Kier molecular flexibility index (Phi) is 4.35. The molecule has 0 fully saturated rings. The third-order valence-corrected chi connectivity index (χ3v) is 4.21. The molecule has 0 unspecified atom stereocenters. The zero-order valence-electron chi connectivity index (χ0n) is 10.8. The van der Waals surface area contributed by atoms with Crippen LogP contribution in [0.3, 0.4) is 0 Å². The maximum Gasteiger partial charge on any atom is 0.216 e. The summed E-state index contributed by atoms with van der Waals surface area (Å²) >= 11 is 0. The zero-order valence-corrected chi connectivity index (χ0v) is 11.8. The summed E-state index contributed by atoms with van der Waals surface area (Å²) in [4.78, 5) is 4.41. The number of ether oxygens (including phenoxy) is 2. The lowest BCUT2D eigenvalue weighted by atomic mass is 10.4. The van der Waals surface area contributed by atoms with Gasteiger partial charge in [-0.2, -0.15) is 4.98 Å². The van der Waals surface area contributed by atoms with E-state index in [-0.39, 0.29) is 0 Å². The van der Waals surface area contributed by atoms with E-state index in [0.29, 0.717) is 19.1 Å². The quantitative estimate of drug-likeness (QED) is 0.740. The van der Waals surface area contributed by atoms with Gasteiger partial charge in [0.25, 0.3) is 0 Å². The van der Waals surface area contributed by atoms with Gasteiger partial charge in [0.15, 0.2) is 0 Å². The molecule has 0 atom stereocenters. The predicted octanol–water partition coefficient (Wildman–Crippen LogP) is 2.42. The summed E-state index contributed by atoms with van der Waals surface area (Å²) in [6.07, 6.45) is 0. The fourth-order valence-electron chi connectivity index (χ4n) is 1.47. The maximum atomic E-state index is 5.59. The fraction of sp³-hybridized carbons (Fsp3) is 0.583. The van der Waals surface area contributed by atoms with Crippen LogP contribution in [0.4, 0.5) is 0 Å². The van der Waals surface area contributed by atoms with Crippen LogP contribution in [0.15, 0.2) is 12.1 Å². The van der Waals surface area contributed by atoms with Crippen molar-refractivity contribution in [3.05, 3.63) is 12.1 Å². The molecule has 0 aliphatic rings. The van der Waals surface area contributed by atoms with Gasteiger partial charge in [-0.15, -0.1) is 0 Å². The van der Waals surface area contributed by atoms with Crippen molar-refractivity contribution in [2.24, 2.45) is 0 Å². The molecule has 90 valence electrons. The van der Waals surface area contributed by atoms with Gasteiger partial charge in [0, 0.05) is 11.3 Å².